The van der Waals surface area contributed by atoms with Gasteiger partial charge in [0, 0.05) is 16.5 Å². The van der Waals surface area contributed by atoms with Crippen molar-refractivity contribution in [3.05, 3.63) is 33.9 Å². The number of fused-ring (bicyclic) bond motifs is 1. The van der Waals surface area contributed by atoms with E-state index in [-0.39, 0.29) is 21.5 Å². The second kappa shape index (κ2) is 5.73. The van der Waals surface area contributed by atoms with Crippen molar-refractivity contribution in [2.75, 3.05) is 0 Å². The zero-order valence-corrected chi connectivity index (χ0v) is 12.6. The molecule has 2 aromatic rings. The summed E-state index contributed by atoms with van der Waals surface area (Å²) in [6.07, 6.45) is 2.04. The molecule has 3 rings (SSSR count). The van der Waals surface area contributed by atoms with Crippen molar-refractivity contribution in [2.45, 2.75) is 31.8 Å². The molecule has 0 unspecified atom stereocenters. The highest BCUT2D eigenvalue weighted by Gasteiger charge is 2.28. The fourth-order valence-electron chi connectivity index (χ4n) is 2.43. The molecule has 0 aliphatic heterocycles. The third-order valence-corrected chi connectivity index (χ3v) is 5.16. The minimum atomic E-state index is -0.677. The summed E-state index contributed by atoms with van der Waals surface area (Å²) in [7, 11) is 0. The maximum atomic E-state index is 13.2. The molecular formula is C15H12ClFO3S. The van der Waals surface area contributed by atoms with Gasteiger partial charge in [-0.2, -0.15) is 0 Å². The predicted molar refractivity (Wildman–Crippen MR) is 79.5 cm³/mol. The van der Waals surface area contributed by atoms with Crippen molar-refractivity contribution < 1.29 is 18.7 Å². The van der Waals surface area contributed by atoms with Gasteiger partial charge in [-0.1, -0.05) is 11.6 Å². The van der Waals surface area contributed by atoms with Crippen LogP contribution < -0.4 is 0 Å². The number of rotatable bonds is 2. The molecule has 1 heterocycles. The van der Waals surface area contributed by atoms with E-state index in [2.05, 4.69) is 0 Å². The molecule has 0 saturated heterocycles. The number of hydrogen-bond acceptors (Lipinski definition) is 4. The number of carbonyl (C=O) groups excluding carboxylic acids is 2. The van der Waals surface area contributed by atoms with Gasteiger partial charge < -0.3 is 4.74 Å². The number of carbonyl (C=O) groups is 2. The maximum absolute atomic E-state index is 13.2. The van der Waals surface area contributed by atoms with Crippen LogP contribution in [0.5, 0.6) is 0 Å². The molecule has 1 aromatic carbocycles. The second-order valence-corrected chi connectivity index (χ2v) is 6.42. The summed E-state index contributed by atoms with van der Waals surface area (Å²) in [5.74, 6) is -1.04. The Kier molecular flexibility index (Phi) is 3.95. The van der Waals surface area contributed by atoms with Crippen LogP contribution in [0.2, 0.25) is 5.02 Å². The average molecular weight is 327 g/mol. The van der Waals surface area contributed by atoms with Gasteiger partial charge in [0.05, 0.1) is 5.02 Å². The van der Waals surface area contributed by atoms with Gasteiger partial charge in [-0.3, -0.25) is 4.79 Å². The molecule has 1 fully saturated rings. The number of Topliss-reactive ketones (excluding diaryl/α,β-unsaturated/α-hetero) is 1. The number of halogens is 2. The highest BCUT2D eigenvalue weighted by molar-refractivity contribution is 7.21. The van der Waals surface area contributed by atoms with Gasteiger partial charge in [-0.25, -0.2) is 9.18 Å². The predicted octanol–water partition coefficient (Wildman–Crippen LogP) is 4.36. The summed E-state index contributed by atoms with van der Waals surface area (Å²) in [4.78, 5) is 24.1. The van der Waals surface area contributed by atoms with E-state index in [0.29, 0.717) is 22.9 Å². The molecule has 0 spiro atoms. The Morgan fingerprint density at radius 1 is 1.38 bits per heavy atom. The molecular weight excluding hydrogens is 315 g/mol. The van der Waals surface area contributed by atoms with Gasteiger partial charge in [-0.05, 0) is 37.5 Å². The highest BCUT2D eigenvalue weighted by Crippen LogP contribution is 2.36. The van der Waals surface area contributed by atoms with E-state index in [1.165, 1.54) is 18.2 Å². The van der Waals surface area contributed by atoms with Crippen molar-refractivity contribution in [2.24, 2.45) is 0 Å². The van der Waals surface area contributed by atoms with Crippen molar-refractivity contribution in [3.8, 4) is 0 Å². The summed E-state index contributed by atoms with van der Waals surface area (Å²) in [5, 5.41) is 0.869. The number of esters is 1. The Hall–Kier alpha value is -1.46. The number of ketones is 1. The van der Waals surface area contributed by atoms with Crippen LogP contribution in [0.15, 0.2) is 18.2 Å². The summed E-state index contributed by atoms with van der Waals surface area (Å²) < 4.78 is 19.1. The lowest BCUT2D eigenvalue weighted by Gasteiger charge is -2.20. The first-order valence-electron chi connectivity index (χ1n) is 6.67. The molecule has 0 bridgehead atoms. The van der Waals surface area contributed by atoms with Crippen molar-refractivity contribution in [1.29, 1.82) is 0 Å². The van der Waals surface area contributed by atoms with E-state index in [1.807, 2.05) is 0 Å². The zero-order valence-electron chi connectivity index (χ0n) is 11.0. The largest absolute Gasteiger partial charge is 0.450 e. The summed E-state index contributed by atoms with van der Waals surface area (Å²) >= 11 is 7.24. The highest BCUT2D eigenvalue weighted by atomic mass is 35.5. The standard InChI is InChI=1S/C15H12ClFO3S/c16-13-9-6-5-8(17)7-12(9)21-14(13)15(19)20-11-4-2-1-3-10(11)18/h5-7,11H,1-4H2/t11-/m0/s1. The molecule has 0 N–H and O–H groups in total. The van der Waals surface area contributed by atoms with Gasteiger partial charge in [0.15, 0.2) is 11.9 Å². The summed E-state index contributed by atoms with van der Waals surface area (Å²) in [5.41, 5.74) is 0. The molecule has 110 valence electrons. The van der Waals surface area contributed by atoms with Gasteiger partial charge >= 0.3 is 5.97 Å². The number of thiophene rings is 1. The van der Waals surface area contributed by atoms with Crippen LogP contribution in [0.1, 0.15) is 35.4 Å². The van der Waals surface area contributed by atoms with E-state index in [0.717, 1.165) is 24.2 Å². The third-order valence-electron chi connectivity index (χ3n) is 3.52. The van der Waals surface area contributed by atoms with Crippen LogP contribution in [-0.4, -0.2) is 17.9 Å². The molecule has 21 heavy (non-hydrogen) atoms. The first kappa shape index (κ1) is 14.5. The number of benzene rings is 1. The van der Waals surface area contributed by atoms with E-state index < -0.39 is 12.1 Å². The van der Waals surface area contributed by atoms with Gasteiger partial charge in [0.1, 0.15) is 10.7 Å². The minimum absolute atomic E-state index is 0.0436. The number of hydrogen-bond donors (Lipinski definition) is 0. The Morgan fingerprint density at radius 3 is 2.95 bits per heavy atom. The fourth-order valence-corrected chi connectivity index (χ4v) is 3.84. The molecule has 1 aromatic heterocycles. The molecule has 3 nitrogen and oxygen atoms in total. The van der Waals surface area contributed by atoms with Crippen LogP contribution >= 0.6 is 22.9 Å². The van der Waals surface area contributed by atoms with Crippen LogP contribution in [0.25, 0.3) is 10.1 Å². The molecule has 1 atom stereocenters. The van der Waals surface area contributed by atoms with Crippen LogP contribution in [0, 0.1) is 5.82 Å². The van der Waals surface area contributed by atoms with Crippen LogP contribution in [0.4, 0.5) is 4.39 Å². The quantitative estimate of drug-likeness (QED) is 0.770. The van der Waals surface area contributed by atoms with Crippen LogP contribution in [0.3, 0.4) is 0 Å². The average Bonchev–Trinajstić information content (AvgIpc) is 2.78. The molecule has 1 saturated carbocycles. The summed E-state index contributed by atoms with van der Waals surface area (Å²) in [6, 6.07) is 4.15. The lowest BCUT2D eigenvalue weighted by Crippen LogP contribution is -2.29. The summed E-state index contributed by atoms with van der Waals surface area (Å²) in [6.45, 7) is 0. The zero-order chi connectivity index (χ0) is 15.0. The third kappa shape index (κ3) is 2.80. The monoisotopic (exact) mass is 326 g/mol. The topological polar surface area (TPSA) is 43.4 Å². The minimum Gasteiger partial charge on any atom is -0.450 e. The van der Waals surface area contributed by atoms with Crippen LogP contribution in [-0.2, 0) is 9.53 Å². The number of ether oxygens (including phenoxy) is 1. The Labute approximate surface area is 129 Å². The second-order valence-electron chi connectivity index (χ2n) is 4.99. The van der Waals surface area contributed by atoms with Gasteiger partial charge in [-0.15, -0.1) is 11.3 Å². The Bertz CT molecular complexity index is 725. The SMILES string of the molecule is O=C(O[C@H]1CCCCC1=O)c1sc2cc(F)ccc2c1Cl. The van der Waals surface area contributed by atoms with Crippen molar-refractivity contribution >= 4 is 44.8 Å². The molecule has 0 amide bonds. The maximum Gasteiger partial charge on any atom is 0.350 e. The molecule has 0 radical (unpaired) electrons. The van der Waals surface area contributed by atoms with Gasteiger partial charge in [0.2, 0.25) is 0 Å². The Morgan fingerprint density at radius 2 is 2.19 bits per heavy atom. The molecule has 1 aliphatic carbocycles. The fraction of sp³-hybridized carbons (Fsp3) is 0.333. The smallest absolute Gasteiger partial charge is 0.350 e. The lowest BCUT2D eigenvalue weighted by molar-refractivity contribution is -0.129. The van der Waals surface area contributed by atoms with E-state index in [1.54, 1.807) is 0 Å². The van der Waals surface area contributed by atoms with E-state index >= 15 is 0 Å². The van der Waals surface area contributed by atoms with Crippen molar-refractivity contribution in [3.63, 3.8) is 0 Å². The molecule has 6 heteroatoms. The van der Waals surface area contributed by atoms with E-state index in [9.17, 15) is 14.0 Å². The first-order chi connectivity index (χ1) is 10.1. The van der Waals surface area contributed by atoms with E-state index in [4.69, 9.17) is 16.3 Å². The lowest BCUT2D eigenvalue weighted by atomic mass is 9.96. The normalized spacial score (nSPS) is 19.0. The van der Waals surface area contributed by atoms with Gasteiger partial charge in [0.25, 0.3) is 0 Å². The van der Waals surface area contributed by atoms with Crippen molar-refractivity contribution in [1.82, 2.24) is 0 Å². The Balaban J connectivity index is 1.87. The first-order valence-corrected chi connectivity index (χ1v) is 7.87. The molecule has 1 aliphatic rings.